The molecule has 5 heteroatoms. The molecule has 29 heavy (non-hydrogen) atoms. The number of hydrogen-bond acceptors (Lipinski definition) is 3. The number of amides is 1. The van der Waals surface area contributed by atoms with Gasteiger partial charge in [0, 0.05) is 36.3 Å². The van der Waals surface area contributed by atoms with Crippen LogP contribution in [0.1, 0.15) is 36.9 Å². The van der Waals surface area contributed by atoms with E-state index in [0.717, 1.165) is 36.9 Å². The molecule has 1 atom stereocenters. The lowest BCUT2D eigenvalue weighted by molar-refractivity contribution is -0.126. The number of nitrogens with zero attached hydrogens (tertiary/aromatic N) is 2. The van der Waals surface area contributed by atoms with Crippen LogP contribution in [0.15, 0.2) is 60.9 Å². The lowest BCUT2D eigenvalue weighted by atomic mass is 9.92. The molecule has 1 saturated heterocycles. The second-order valence-corrected chi connectivity index (χ2v) is 7.78. The van der Waals surface area contributed by atoms with E-state index in [2.05, 4.69) is 46.4 Å². The van der Waals surface area contributed by atoms with Crippen LogP contribution in [0.5, 0.6) is 0 Å². The molecule has 0 spiro atoms. The molecule has 3 aromatic rings. The Hall–Kier alpha value is -2.79. The molecule has 0 radical (unpaired) electrons. The molecule has 2 heterocycles. The van der Waals surface area contributed by atoms with E-state index >= 15 is 0 Å². The number of fused-ring (bicyclic) bond motifs is 1. The van der Waals surface area contributed by atoms with Crippen molar-refractivity contribution in [3.63, 3.8) is 0 Å². The van der Waals surface area contributed by atoms with Crippen LogP contribution < -0.4 is 5.32 Å². The van der Waals surface area contributed by atoms with Gasteiger partial charge < -0.3 is 5.32 Å². The topological polar surface area (TPSA) is 45.2 Å². The molecule has 0 saturated carbocycles. The van der Waals surface area contributed by atoms with Crippen LogP contribution in [-0.4, -0.2) is 28.9 Å². The molecule has 1 unspecified atom stereocenters. The van der Waals surface area contributed by atoms with Gasteiger partial charge in [0.15, 0.2) is 0 Å². The minimum absolute atomic E-state index is 0.0173. The van der Waals surface area contributed by atoms with Gasteiger partial charge >= 0.3 is 0 Å². The van der Waals surface area contributed by atoms with Crippen molar-refractivity contribution in [1.29, 1.82) is 0 Å². The third-order valence-corrected chi connectivity index (χ3v) is 5.97. The number of nitrogens with one attached hydrogen (secondary N) is 1. The standard InChI is InChI=1S/C24H26FN3O/c1-17(22-7-3-5-20-16-26-11-8-23(20)22)28-12-9-19(10-13-28)24(29)27-15-18-4-2-6-21(25)14-18/h2-8,11,14,16-17,19H,9-10,12-13,15H2,1H3,(H,27,29). The average Bonchev–Trinajstić information content (AvgIpc) is 2.77. The van der Waals surface area contributed by atoms with Crippen LogP contribution in [0.2, 0.25) is 0 Å². The van der Waals surface area contributed by atoms with Crippen molar-refractivity contribution in [1.82, 2.24) is 15.2 Å². The number of carbonyl (C=O) groups is 1. The molecule has 4 nitrogen and oxygen atoms in total. The Morgan fingerprint density at radius 2 is 2.00 bits per heavy atom. The predicted octanol–water partition coefficient (Wildman–Crippen LogP) is 4.46. The molecule has 0 aliphatic carbocycles. The second-order valence-electron chi connectivity index (χ2n) is 7.78. The van der Waals surface area contributed by atoms with Gasteiger partial charge in [0.2, 0.25) is 5.91 Å². The normalized spacial score (nSPS) is 16.6. The zero-order chi connectivity index (χ0) is 20.2. The number of aromatic nitrogens is 1. The lowest BCUT2D eigenvalue weighted by Gasteiger charge is -2.36. The maximum atomic E-state index is 13.3. The van der Waals surface area contributed by atoms with Gasteiger partial charge in [-0.3, -0.25) is 14.7 Å². The molecule has 4 rings (SSSR count). The Bertz CT molecular complexity index is 993. The molecule has 2 aromatic carbocycles. The van der Waals surface area contributed by atoms with Gasteiger partial charge in [-0.25, -0.2) is 4.39 Å². The van der Waals surface area contributed by atoms with Crippen molar-refractivity contribution in [2.75, 3.05) is 13.1 Å². The Balaban J connectivity index is 1.34. The van der Waals surface area contributed by atoms with Gasteiger partial charge in [0.1, 0.15) is 5.82 Å². The summed E-state index contributed by atoms with van der Waals surface area (Å²) in [6.45, 7) is 4.39. The van der Waals surface area contributed by atoms with Crippen LogP contribution >= 0.6 is 0 Å². The molecular formula is C24H26FN3O. The fraction of sp³-hybridized carbons (Fsp3) is 0.333. The minimum Gasteiger partial charge on any atom is -0.352 e. The van der Waals surface area contributed by atoms with Crippen LogP contribution in [0, 0.1) is 11.7 Å². The summed E-state index contributed by atoms with van der Waals surface area (Å²) in [7, 11) is 0. The number of carbonyl (C=O) groups excluding carboxylic acids is 1. The molecule has 1 amide bonds. The second kappa shape index (κ2) is 8.70. The van der Waals surface area contributed by atoms with E-state index in [0.29, 0.717) is 6.54 Å². The summed E-state index contributed by atoms with van der Waals surface area (Å²) in [5, 5.41) is 5.36. The number of rotatable bonds is 5. The summed E-state index contributed by atoms with van der Waals surface area (Å²) < 4.78 is 13.3. The molecule has 1 fully saturated rings. The maximum absolute atomic E-state index is 13.3. The Morgan fingerprint density at radius 1 is 1.21 bits per heavy atom. The van der Waals surface area contributed by atoms with Crippen molar-refractivity contribution in [3.8, 4) is 0 Å². The Kier molecular flexibility index (Phi) is 5.86. The first-order chi connectivity index (χ1) is 14.1. The van der Waals surface area contributed by atoms with Crippen LogP contribution in [0.4, 0.5) is 4.39 Å². The van der Waals surface area contributed by atoms with Gasteiger partial charge in [0.05, 0.1) is 0 Å². The van der Waals surface area contributed by atoms with E-state index in [1.807, 2.05) is 18.5 Å². The number of pyridine rings is 1. The average molecular weight is 391 g/mol. The quantitative estimate of drug-likeness (QED) is 0.698. The monoisotopic (exact) mass is 391 g/mol. The third kappa shape index (κ3) is 4.46. The van der Waals surface area contributed by atoms with Gasteiger partial charge in [0.25, 0.3) is 0 Å². The van der Waals surface area contributed by atoms with Crippen molar-refractivity contribution >= 4 is 16.7 Å². The van der Waals surface area contributed by atoms with Crippen LogP contribution in [0.3, 0.4) is 0 Å². The van der Waals surface area contributed by atoms with Crippen molar-refractivity contribution in [3.05, 3.63) is 77.9 Å². The Labute approximate surface area is 170 Å². The van der Waals surface area contributed by atoms with Gasteiger partial charge in [-0.05, 0) is 67.6 Å². The summed E-state index contributed by atoms with van der Waals surface area (Å²) in [5.41, 5.74) is 2.09. The molecular weight excluding hydrogens is 365 g/mol. The molecule has 1 aliphatic rings. The highest BCUT2D eigenvalue weighted by Gasteiger charge is 2.28. The fourth-order valence-electron chi connectivity index (χ4n) is 4.24. The minimum atomic E-state index is -0.275. The summed E-state index contributed by atoms with van der Waals surface area (Å²) >= 11 is 0. The Morgan fingerprint density at radius 3 is 2.79 bits per heavy atom. The molecule has 1 aliphatic heterocycles. The predicted molar refractivity (Wildman–Crippen MR) is 113 cm³/mol. The third-order valence-electron chi connectivity index (χ3n) is 5.97. The SMILES string of the molecule is CC(c1cccc2cnccc12)N1CCC(C(=O)NCc2cccc(F)c2)CC1. The number of halogens is 1. The summed E-state index contributed by atoms with van der Waals surface area (Å²) in [6.07, 6.45) is 5.42. The summed E-state index contributed by atoms with van der Waals surface area (Å²) in [6, 6.07) is 15.1. The van der Waals surface area contributed by atoms with Crippen LogP contribution in [-0.2, 0) is 11.3 Å². The van der Waals surface area contributed by atoms with Gasteiger partial charge in [-0.2, -0.15) is 0 Å². The highest BCUT2D eigenvalue weighted by atomic mass is 19.1. The van der Waals surface area contributed by atoms with E-state index in [9.17, 15) is 9.18 Å². The van der Waals surface area contributed by atoms with Crippen molar-refractivity contribution < 1.29 is 9.18 Å². The summed E-state index contributed by atoms with van der Waals surface area (Å²) in [4.78, 5) is 19.2. The zero-order valence-corrected chi connectivity index (χ0v) is 16.6. The van der Waals surface area contributed by atoms with E-state index in [1.165, 1.54) is 23.1 Å². The maximum Gasteiger partial charge on any atom is 0.223 e. The number of likely N-dealkylation sites (tertiary alicyclic amines) is 1. The number of piperidine rings is 1. The molecule has 1 aromatic heterocycles. The highest BCUT2D eigenvalue weighted by molar-refractivity contribution is 5.85. The molecule has 1 N–H and O–H groups in total. The van der Waals surface area contributed by atoms with Gasteiger partial charge in [-0.15, -0.1) is 0 Å². The van der Waals surface area contributed by atoms with E-state index in [1.54, 1.807) is 6.07 Å². The first kappa shape index (κ1) is 19.5. The zero-order valence-electron chi connectivity index (χ0n) is 16.6. The van der Waals surface area contributed by atoms with Gasteiger partial charge in [-0.1, -0.05) is 30.3 Å². The highest BCUT2D eigenvalue weighted by Crippen LogP contribution is 2.31. The molecule has 150 valence electrons. The number of hydrogen-bond donors (Lipinski definition) is 1. The number of benzene rings is 2. The van der Waals surface area contributed by atoms with E-state index < -0.39 is 0 Å². The van der Waals surface area contributed by atoms with Crippen molar-refractivity contribution in [2.24, 2.45) is 5.92 Å². The summed E-state index contributed by atoms with van der Waals surface area (Å²) in [5.74, 6) is -0.190. The molecule has 0 bridgehead atoms. The van der Waals surface area contributed by atoms with Crippen LogP contribution in [0.25, 0.3) is 10.8 Å². The fourth-order valence-corrected chi connectivity index (χ4v) is 4.24. The van der Waals surface area contributed by atoms with E-state index in [-0.39, 0.29) is 23.7 Å². The smallest absolute Gasteiger partial charge is 0.223 e. The first-order valence-electron chi connectivity index (χ1n) is 10.2. The van der Waals surface area contributed by atoms with E-state index in [4.69, 9.17) is 0 Å². The lowest BCUT2D eigenvalue weighted by Crippen LogP contribution is -2.41. The largest absolute Gasteiger partial charge is 0.352 e. The first-order valence-corrected chi connectivity index (χ1v) is 10.2. The van der Waals surface area contributed by atoms with Crippen molar-refractivity contribution in [2.45, 2.75) is 32.4 Å².